The zero-order valence-electron chi connectivity index (χ0n) is 11.2. The number of rotatable bonds is 2. The summed E-state index contributed by atoms with van der Waals surface area (Å²) in [7, 11) is 0. The first-order valence-corrected chi connectivity index (χ1v) is 7.12. The Labute approximate surface area is 122 Å². The van der Waals surface area contributed by atoms with Gasteiger partial charge in [0.05, 0.1) is 18.7 Å². The molecular weight excluding hydrogens is 308 g/mol. The molecule has 1 atom stereocenters. The Hall–Kier alpha value is -0.910. The minimum absolute atomic E-state index is 0.0317. The van der Waals surface area contributed by atoms with Crippen molar-refractivity contribution in [3.63, 3.8) is 0 Å². The van der Waals surface area contributed by atoms with E-state index in [1.165, 1.54) is 0 Å². The van der Waals surface area contributed by atoms with Crippen LogP contribution in [0.25, 0.3) is 0 Å². The number of nitrogens with zero attached hydrogens (tertiary/aromatic N) is 1. The van der Waals surface area contributed by atoms with Gasteiger partial charge in [0.1, 0.15) is 6.10 Å². The Balaban J connectivity index is 2.11. The first kappa shape index (κ1) is 14.5. The smallest absolute Gasteiger partial charge is 0.242 e. The molecule has 0 radical (unpaired) electrons. The molecule has 2 rings (SSSR count). The highest BCUT2D eigenvalue weighted by molar-refractivity contribution is 9.10. The third kappa shape index (κ3) is 3.55. The van der Waals surface area contributed by atoms with Crippen molar-refractivity contribution in [2.24, 2.45) is 5.73 Å². The third-order valence-corrected chi connectivity index (χ3v) is 3.62. The lowest BCUT2D eigenvalue weighted by Crippen LogP contribution is -2.54. The molecule has 0 saturated carbocycles. The molecule has 0 aromatic heterocycles. The van der Waals surface area contributed by atoms with E-state index in [1.807, 2.05) is 24.3 Å². The second-order valence-corrected chi connectivity index (χ2v) is 6.30. The number of carbonyl (C=O) groups excluding carboxylic acids is 1. The third-order valence-electron chi connectivity index (χ3n) is 3.13. The number of hydrogen-bond acceptors (Lipinski definition) is 3. The first-order chi connectivity index (χ1) is 8.88. The van der Waals surface area contributed by atoms with E-state index in [9.17, 15) is 4.79 Å². The molecule has 1 unspecified atom stereocenters. The van der Waals surface area contributed by atoms with Crippen LogP contribution in [0.3, 0.4) is 0 Å². The fraction of sp³-hybridized carbons (Fsp3) is 0.500. The highest BCUT2D eigenvalue weighted by atomic mass is 79.9. The van der Waals surface area contributed by atoms with Crippen LogP contribution < -0.4 is 5.73 Å². The Bertz CT molecular complexity index is 471. The number of benzene rings is 1. The lowest BCUT2D eigenvalue weighted by Gasteiger charge is -2.36. The van der Waals surface area contributed by atoms with Crippen LogP contribution in [0, 0.1) is 0 Å². The molecule has 1 aliphatic rings. The maximum Gasteiger partial charge on any atom is 0.242 e. The number of halogens is 1. The Kier molecular flexibility index (Phi) is 4.28. The van der Waals surface area contributed by atoms with E-state index in [0.29, 0.717) is 19.7 Å². The van der Waals surface area contributed by atoms with Crippen LogP contribution in [-0.2, 0) is 9.53 Å². The zero-order valence-corrected chi connectivity index (χ0v) is 12.8. The highest BCUT2D eigenvalue weighted by Gasteiger charge is 2.32. The van der Waals surface area contributed by atoms with E-state index in [-0.39, 0.29) is 12.0 Å². The molecule has 1 aliphatic heterocycles. The second kappa shape index (κ2) is 5.61. The molecule has 2 N–H and O–H groups in total. The molecule has 1 aromatic carbocycles. The van der Waals surface area contributed by atoms with Crippen molar-refractivity contribution in [1.82, 2.24) is 4.90 Å². The van der Waals surface area contributed by atoms with Crippen molar-refractivity contribution >= 4 is 21.8 Å². The summed E-state index contributed by atoms with van der Waals surface area (Å²) >= 11 is 3.45. The molecule has 1 saturated heterocycles. The number of amides is 1. The van der Waals surface area contributed by atoms with Gasteiger partial charge in [-0.1, -0.05) is 28.1 Å². The second-order valence-electron chi connectivity index (χ2n) is 5.39. The molecule has 19 heavy (non-hydrogen) atoms. The van der Waals surface area contributed by atoms with Gasteiger partial charge in [0.25, 0.3) is 0 Å². The molecule has 1 aromatic rings. The summed E-state index contributed by atoms with van der Waals surface area (Å²) in [6.07, 6.45) is -0.0856. The van der Waals surface area contributed by atoms with Gasteiger partial charge in [0.2, 0.25) is 5.91 Å². The SMILES string of the molecule is CC(C)(N)C(=O)N1CCOC(c2cccc(Br)c2)C1. The maximum atomic E-state index is 12.2. The van der Waals surface area contributed by atoms with E-state index in [0.717, 1.165) is 10.0 Å². The lowest BCUT2D eigenvalue weighted by atomic mass is 10.0. The summed E-state index contributed by atoms with van der Waals surface area (Å²) in [5.74, 6) is -0.0317. The molecule has 104 valence electrons. The molecule has 1 heterocycles. The van der Waals surface area contributed by atoms with Gasteiger partial charge < -0.3 is 15.4 Å². The molecule has 0 spiro atoms. The van der Waals surface area contributed by atoms with Crippen molar-refractivity contribution in [1.29, 1.82) is 0 Å². The number of nitrogens with two attached hydrogens (primary N) is 1. The van der Waals surface area contributed by atoms with Gasteiger partial charge in [0, 0.05) is 11.0 Å². The minimum Gasteiger partial charge on any atom is -0.370 e. The van der Waals surface area contributed by atoms with Gasteiger partial charge in [0.15, 0.2) is 0 Å². The standard InChI is InChI=1S/C14H19BrN2O2/c1-14(2,16)13(18)17-6-7-19-12(9-17)10-4-3-5-11(15)8-10/h3-5,8,12H,6-7,9,16H2,1-2H3. The van der Waals surface area contributed by atoms with Crippen LogP contribution in [0.2, 0.25) is 0 Å². The fourth-order valence-electron chi connectivity index (χ4n) is 2.15. The van der Waals surface area contributed by atoms with Crippen molar-refractivity contribution in [2.75, 3.05) is 19.7 Å². The van der Waals surface area contributed by atoms with Crippen molar-refractivity contribution in [3.8, 4) is 0 Å². The van der Waals surface area contributed by atoms with Crippen LogP contribution in [0.15, 0.2) is 28.7 Å². The Morgan fingerprint density at radius 3 is 2.89 bits per heavy atom. The molecule has 0 bridgehead atoms. The molecule has 0 aliphatic carbocycles. The molecule has 1 amide bonds. The van der Waals surface area contributed by atoms with E-state index >= 15 is 0 Å². The van der Waals surface area contributed by atoms with Gasteiger partial charge in [-0.25, -0.2) is 0 Å². The van der Waals surface area contributed by atoms with Crippen molar-refractivity contribution in [3.05, 3.63) is 34.3 Å². The summed E-state index contributed by atoms with van der Waals surface area (Å²) < 4.78 is 6.77. The van der Waals surface area contributed by atoms with Crippen LogP contribution >= 0.6 is 15.9 Å². The zero-order chi connectivity index (χ0) is 14.0. The summed E-state index contributed by atoms with van der Waals surface area (Å²) in [4.78, 5) is 14.0. The predicted molar refractivity (Wildman–Crippen MR) is 77.7 cm³/mol. The van der Waals surface area contributed by atoms with Crippen LogP contribution in [-0.4, -0.2) is 36.0 Å². The minimum atomic E-state index is -0.834. The number of hydrogen-bond donors (Lipinski definition) is 1. The van der Waals surface area contributed by atoms with Crippen molar-refractivity contribution in [2.45, 2.75) is 25.5 Å². The fourth-order valence-corrected chi connectivity index (χ4v) is 2.57. The average molecular weight is 327 g/mol. The molecule has 4 nitrogen and oxygen atoms in total. The normalized spacial score (nSPS) is 20.4. The quantitative estimate of drug-likeness (QED) is 0.905. The molecular formula is C14H19BrN2O2. The lowest BCUT2D eigenvalue weighted by molar-refractivity contribution is -0.143. The number of ether oxygens (including phenoxy) is 1. The van der Waals surface area contributed by atoms with Gasteiger partial charge in [-0.3, -0.25) is 4.79 Å². The summed E-state index contributed by atoms with van der Waals surface area (Å²) in [5.41, 5.74) is 6.12. The number of carbonyl (C=O) groups is 1. The van der Waals surface area contributed by atoms with Crippen LogP contribution in [0.5, 0.6) is 0 Å². The summed E-state index contributed by atoms with van der Waals surface area (Å²) in [6, 6.07) is 7.97. The van der Waals surface area contributed by atoms with Crippen LogP contribution in [0.4, 0.5) is 0 Å². The summed E-state index contributed by atoms with van der Waals surface area (Å²) in [5, 5.41) is 0. The Morgan fingerprint density at radius 2 is 2.26 bits per heavy atom. The van der Waals surface area contributed by atoms with E-state index in [1.54, 1.807) is 18.7 Å². The highest BCUT2D eigenvalue weighted by Crippen LogP contribution is 2.25. The number of morpholine rings is 1. The predicted octanol–water partition coefficient (Wildman–Crippen LogP) is 2.09. The molecule has 1 fully saturated rings. The van der Waals surface area contributed by atoms with E-state index in [4.69, 9.17) is 10.5 Å². The summed E-state index contributed by atoms with van der Waals surface area (Å²) in [6.45, 7) is 5.16. The maximum absolute atomic E-state index is 12.2. The van der Waals surface area contributed by atoms with Crippen molar-refractivity contribution < 1.29 is 9.53 Å². The van der Waals surface area contributed by atoms with Crippen LogP contribution in [0.1, 0.15) is 25.5 Å². The van der Waals surface area contributed by atoms with Gasteiger partial charge in [-0.15, -0.1) is 0 Å². The van der Waals surface area contributed by atoms with E-state index < -0.39 is 5.54 Å². The first-order valence-electron chi connectivity index (χ1n) is 6.33. The Morgan fingerprint density at radius 1 is 1.53 bits per heavy atom. The van der Waals surface area contributed by atoms with Gasteiger partial charge in [-0.05, 0) is 31.5 Å². The van der Waals surface area contributed by atoms with E-state index in [2.05, 4.69) is 15.9 Å². The van der Waals surface area contributed by atoms with Gasteiger partial charge >= 0.3 is 0 Å². The average Bonchev–Trinajstić information content (AvgIpc) is 2.37. The topological polar surface area (TPSA) is 55.6 Å². The monoisotopic (exact) mass is 326 g/mol. The molecule has 5 heteroatoms. The van der Waals surface area contributed by atoms with Gasteiger partial charge in [-0.2, -0.15) is 0 Å². The largest absolute Gasteiger partial charge is 0.370 e.